The summed E-state index contributed by atoms with van der Waals surface area (Å²) in [6, 6.07) is -3.71. The molecule has 320 valence electrons. The average molecular weight is 928 g/mol. The summed E-state index contributed by atoms with van der Waals surface area (Å²) in [7, 11) is 0. The number of aliphatic hydroxyl groups is 1. The molecule has 0 spiro atoms. The van der Waals surface area contributed by atoms with E-state index in [1.165, 1.54) is 19.2 Å². The molecule has 5 heterocycles. The Bertz CT molecular complexity index is 2470. The maximum atomic E-state index is 13.0. The predicted molar refractivity (Wildman–Crippen MR) is 213 cm³/mol. The normalized spacial score (nSPS) is 20.1. The summed E-state index contributed by atoms with van der Waals surface area (Å²) in [4.78, 5) is 67.2. The van der Waals surface area contributed by atoms with Crippen molar-refractivity contribution in [3.8, 4) is 0 Å². The molecule has 0 radical (unpaired) electrons. The molecule has 0 saturated heterocycles. The van der Waals surface area contributed by atoms with E-state index < -0.39 is 66.2 Å². The second kappa shape index (κ2) is 25.8. The molecule has 0 aromatic carbocycles. The Morgan fingerprint density at radius 2 is 1.25 bits per heavy atom. The van der Waals surface area contributed by atoms with E-state index >= 15 is 0 Å². The molecule has 0 aromatic rings. The number of carbonyl (C=O) groups excluding carboxylic acids is 2. The van der Waals surface area contributed by atoms with Gasteiger partial charge in [0.25, 0.3) is 0 Å². The van der Waals surface area contributed by atoms with Crippen LogP contribution < -0.4 is 149 Å². The molecule has 0 saturated carbocycles. The van der Waals surface area contributed by atoms with Crippen LogP contribution in [0, 0.1) is 0 Å². The Morgan fingerprint density at radius 3 is 1.75 bits per heavy atom. The Morgan fingerprint density at radius 1 is 0.754 bits per heavy atom. The van der Waals surface area contributed by atoms with Crippen molar-refractivity contribution in [2.75, 3.05) is 0 Å². The quantitative estimate of drug-likeness (QED) is 0.0342. The third-order valence-electron chi connectivity index (χ3n) is 10.4. The molecule has 65 heavy (non-hydrogen) atoms. The summed E-state index contributed by atoms with van der Waals surface area (Å²) in [5.41, 5.74) is 7.21. The maximum absolute atomic E-state index is 13.0. The molecule has 5 aliphatic heterocycles. The molecular formula is C42H41N7Na4O12. The van der Waals surface area contributed by atoms with Gasteiger partial charge in [-0.15, -0.1) is 0 Å². The first-order valence-electron chi connectivity index (χ1n) is 18.8. The van der Waals surface area contributed by atoms with Gasteiger partial charge in [-0.1, -0.05) is 12.7 Å². The van der Waals surface area contributed by atoms with Crippen LogP contribution >= 0.6 is 0 Å². The van der Waals surface area contributed by atoms with Gasteiger partial charge in [-0.2, -0.15) is 0 Å². The van der Waals surface area contributed by atoms with Crippen LogP contribution in [0.15, 0.2) is 142 Å². The number of hydroxylamine groups is 1. The molecule has 0 amide bonds. The van der Waals surface area contributed by atoms with Crippen molar-refractivity contribution in [3.05, 3.63) is 117 Å². The van der Waals surface area contributed by atoms with Crippen LogP contribution in [-0.2, 0) is 19.2 Å². The minimum Gasteiger partial charge on any atom is -0.862 e. The number of carboxylic acid groups (broad SMARTS) is 4. The number of aliphatic imine (C=N–C) groups is 5. The minimum atomic E-state index is -1.86. The van der Waals surface area contributed by atoms with Crippen molar-refractivity contribution in [1.82, 2.24) is 10.8 Å². The summed E-state index contributed by atoms with van der Waals surface area (Å²) in [5, 5.41) is 91.6. The van der Waals surface area contributed by atoms with Crippen molar-refractivity contribution in [2.24, 2.45) is 25.0 Å². The molecule has 0 aromatic heterocycles. The van der Waals surface area contributed by atoms with Crippen LogP contribution in [0.2, 0.25) is 0 Å². The molecule has 3 atom stereocenters. The summed E-state index contributed by atoms with van der Waals surface area (Å²) in [6.45, 7) is 10.8. The number of hydrogen-bond acceptors (Lipinski definition) is 17. The summed E-state index contributed by atoms with van der Waals surface area (Å²) >= 11 is 0. The molecule has 5 aliphatic rings. The second-order valence-electron chi connectivity index (χ2n) is 14.5. The predicted octanol–water partition coefficient (Wildman–Crippen LogP) is -12.6. The van der Waals surface area contributed by atoms with E-state index in [0.29, 0.717) is 67.7 Å². The number of nitrogens with one attached hydrogen (secondary N) is 2. The fraction of sp³-hybridized carbons (Fsp3) is 0.310. The van der Waals surface area contributed by atoms with Gasteiger partial charge < -0.3 is 50.7 Å². The summed E-state index contributed by atoms with van der Waals surface area (Å²) in [6.07, 6.45) is 8.16. The maximum Gasteiger partial charge on any atom is 1.00 e. The van der Waals surface area contributed by atoms with Crippen molar-refractivity contribution in [3.63, 3.8) is 0 Å². The average Bonchev–Trinajstić information content (AvgIpc) is 3.81. The van der Waals surface area contributed by atoms with Crippen LogP contribution in [0.5, 0.6) is 0 Å². The number of carbonyl (C=O) groups is 4. The van der Waals surface area contributed by atoms with Gasteiger partial charge >= 0.3 is 130 Å². The monoisotopic (exact) mass is 927 g/mol. The zero-order chi connectivity index (χ0) is 44.9. The molecule has 8 bridgehead atoms. The van der Waals surface area contributed by atoms with Crippen molar-refractivity contribution in [2.45, 2.75) is 83.9 Å². The Kier molecular flexibility index (Phi) is 23.7. The Labute approximate surface area is 462 Å². The van der Waals surface area contributed by atoms with E-state index in [4.69, 9.17) is 15.0 Å². The smallest absolute Gasteiger partial charge is 0.862 e. The standard InChI is InChI=1S/C42H45N7O12.4Na/c1-6-22-19(2)27-14-32-25(11-12-43-61)42(5,60)35(47-32)16-28-21(4)24(8-10-37(51)49-34(41(58)59)18-39(54)55)31(46-28)15-30-23(20(3)26(45-30)13-29(22)44-27)7-9-36(50)48-33(40(56)57)17-38(52)53;;;;/h6,11-16,33-34,43,47,60-61H,1,7-10,17-18H2,2-5H3,(H,48,50)(H,49,51)(H,52,53)(H,54,55)(H,56,57)(H,58,59);;;;/q;4*+1/p-4/t33-,34-,42?;;;;/m0..../s1. The van der Waals surface area contributed by atoms with E-state index in [2.05, 4.69) is 21.9 Å². The van der Waals surface area contributed by atoms with E-state index in [1.54, 1.807) is 44.2 Å². The van der Waals surface area contributed by atoms with E-state index in [9.17, 15) is 60.1 Å². The zero-order valence-corrected chi connectivity index (χ0v) is 45.4. The van der Waals surface area contributed by atoms with Gasteiger partial charge in [0.15, 0.2) is 12.1 Å². The van der Waals surface area contributed by atoms with Crippen LogP contribution in [-0.4, -0.2) is 91.0 Å². The third kappa shape index (κ3) is 14.4. The van der Waals surface area contributed by atoms with Gasteiger partial charge in [0.1, 0.15) is 5.60 Å². The zero-order valence-electron chi connectivity index (χ0n) is 37.4. The number of aliphatic carboxylic acids is 4. The molecule has 5 rings (SSSR count). The first kappa shape index (κ1) is 59.8. The van der Waals surface area contributed by atoms with Gasteiger partial charge in [0.2, 0.25) is 0 Å². The fourth-order valence-corrected chi connectivity index (χ4v) is 7.09. The molecule has 0 aliphatic carbocycles. The van der Waals surface area contributed by atoms with Crippen LogP contribution in [0.4, 0.5) is 0 Å². The second-order valence-corrected chi connectivity index (χ2v) is 14.5. The molecule has 6 N–H and O–H groups in total. The van der Waals surface area contributed by atoms with E-state index in [1.807, 2.05) is 12.4 Å². The van der Waals surface area contributed by atoms with Crippen molar-refractivity contribution in [1.29, 1.82) is 0 Å². The molecule has 0 fully saturated rings. The fourth-order valence-electron chi connectivity index (χ4n) is 7.09. The number of fused-ring (bicyclic) bond motifs is 5. The van der Waals surface area contributed by atoms with Gasteiger partial charge in [-0.3, -0.25) is 20.7 Å². The number of allylic oxidation sites excluding steroid dienone is 11. The van der Waals surface area contributed by atoms with Crippen LogP contribution in [0.3, 0.4) is 0 Å². The van der Waals surface area contributed by atoms with E-state index in [0.717, 1.165) is 5.57 Å². The van der Waals surface area contributed by atoms with Gasteiger partial charge in [0, 0.05) is 47.8 Å². The topological polar surface area (TPSA) is 327 Å². The summed E-state index contributed by atoms with van der Waals surface area (Å²) < 4.78 is 0. The first-order chi connectivity index (χ1) is 28.7. The third-order valence-corrected chi connectivity index (χ3v) is 10.4. The van der Waals surface area contributed by atoms with Crippen LogP contribution in [0.25, 0.3) is 0 Å². The van der Waals surface area contributed by atoms with E-state index in [-0.39, 0.29) is 155 Å². The molecule has 19 nitrogen and oxygen atoms in total. The van der Waals surface area contributed by atoms with Gasteiger partial charge in [0.05, 0.1) is 39.9 Å². The molecule has 1 unspecified atom stereocenters. The Hall–Kier alpha value is -3.25. The molecule has 23 heteroatoms. The summed E-state index contributed by atoms with van der Waals surface area (Å²) in [5.74, 6) is -8.40. The van der Waals surface area contributed by atoms with Gasteiger partial charge in [-0.05, 0) is 123 Å². The number of hydrogen-bond donors (Lipinski definition) is 6. The SMILES string of the molecule is C=CC1=C(C)C2=CC3=C(C=CNO)C(C)(O)C(=CC4=NC(=CC5=NC(=CC1=N2)C(C)=C5CCC([O-])=N[C@@H](CC(=O)[O-])C(=O)O)C(CCC([O-])=N[C@@H](CC(=O)[O-])C(=O)O)=C4C)N3.[Na+].[Na+].[Na+].[Na+]. The number of carboxylic acids is 4. The minimum absolute atomic E-state index is 0. The molecular weight excluding hydrogens is 886 g/mol. The largest absolute Gasteiger partial charge is 1.00 e. The number of nitrogens with zero attached hydrogens (tertiary/aromatic N) is 5. The Balaban J connectivity index is 0.00000528. The van der Waals surface area contributed by atoms with Gasteiger partial charge in [-0.25, -0.2) is 24.6 Å². The van der Waals surface area contributed by atoms with Crippen molar-refractivity contribution < 1.29 is 178 Å². The van der Waals surface area contributed by atoms with Crippen LogP contribution in [0.1, 0.15) is 66.2 Å². The number of rotatable bonds is 17. The van der Waals surface area contributed by atoms with Crippen molar-refractivity contribution >= 4 is 52.8 Å². The first-order valence-corrected chi connectivity index (χ1v) is 18.8.